The molecule has 154 valence electrons. The largest absolute Gasteiger partial charge is 0.442 e. The Bertz CT molecular complexity index is 1140. The number of hydrogen-bond donors (Lipinski definition) is 0. The number of nitrogens with zero attached hydrogens (tertiary/aromatic N) is 4. The van der Waals surface area contributed by atoms with Crippen LogP contribution in [0.4, 0.5) is 10.1 Å². The minimum atomic E-state index is -0.451. The summed E-state index contributed by atoms with van der Waals surface area (Å²) in [4.78, 5) is 6.46. The summed E-state index contributed by atoms with van der Waals surface area (Å²) in [5.74, 6) is -0.0705. The molecule has 3 rings (SSSR count). The quantitative estimate of drug-likeness (QED) is 0.319. The Morgan fingerprint density at radius 2 is 2.07 bits per heavy atom. The number of aromatic nitrogens is 1. The Kier molecular flexibility index (Phi) is 6.70. The van der Waals surface area contributed by atoms with Crippen LogP contribution in [0.15, 0.2) is 41.4 Å². The molecule has 0 atom stereocenters. The lowest BCUT2D eigenvalue weighted by Crippen LogP contribution is -2.24. The van der Waals surface area contributed by atoms with Crippen molar-refractivity contribution in [1.82, 2.24) is 9.27 Å². The highest BCUT2D eigenvalue weighted by Crippen LogP contribution is 2.40. The summed E-state index contributed by atoms with van der Waals surface area (Å²) in [5, 5.41) is 10.2. The Hall–Kier alpha value is -2.95. The minimum absolute atomic E-state index is 0.166. The number of aliphatic imine (C=N–C) groups is 1. The van der Waals surface area contributed by atoms with Crippen LogP contribution < -0.4 is 4.74 Å². The van der Waals surface area contributed by atoms with Crippen molar-refractivity contribution in [3.63, 3.8) is 0 Å². The number of hydrogen-bond acceptors (Lipinski definition) is 5. The highest BCUT2D eigenvalue weighted by atomic mass is 35.5. The Morgan fingerprint density at radius 1 is 1.33 bits per heavy atom. The summed E-state index contributed by atoms with van der Waals surface area (Å²) in [6, 6.07) is 12.0. The average molecular weight is 443 g/mol. The first-order valence-electron chi connectivity index (χ1n) is 9.20. The molecule has 0 amide bonds. The fraction of sp³-hybridized carbons (Fsp3) is 0.227. The van der Waals surface area contributed by atoms with Crippen molar-refractivity contribution in [2.75, 3.05) is 7.05 Å². The number of ether oxygens (including phenoxy) is 1. The van der Waals surface area contributed by atoms with Gasteiger partial charge in [0.2, 0.25) is 5.06 Å². The second-order valence-corrected chi connectivity index (χ2v) is 8.10. The van der Waals surface area contributed by atoms with Crippen LogP contribution in [0, 0.1) is 24.1 Å². The van der Waals surface area contributed by atoms with Crippen LogP contribution in [0.25, 0.3) is 11.3 Å². The lowest BCUT2D eigenvalue weighted by molar-refractivity contribution is 0.429. The van der Waals surface area contributed by atoms with Gasteiger partial charge in [0, 0.05) is 30.2 Å². The van der Waals surface area contributed by atoms with E-state index in [0.29, 0.717) is 16.8 Å². The van der Waals surface area contributed by atoms with Crippen LogP contribution in [0.3, 0.4) is 0 Å². The SMILES string of the molecule is Cc1cc(Oc2snc(-c3ccccc3F)c2C#N)c(Cl)cc1N=CN(C)C(C)C. The maximum Gasteiger partial charge on any atom is 0.218 e. The molecule has 2 aromatic carbocycles. The van der Waals surface area contributed by atoms with Gasteiger partial charge in [-0.2, -0.15) is 9.64 Å². The number of halogens is 2. The van der Waals surface area contributed by atoms with Gasteiger partial charge in [-0.25, -0.2) is 9.38 Å². The smallest absolute Gasteiger partial charge is 0.218 e. The van der Waals surface area contributed by atoms with Crippen molar-refractivity contribution >= 4 is 35.2 Å². The van der Waals surface area contributed by atoms with Crippen molar-refractivity contribution in [3.05, 3.63) is 58.4 Å². The van der Waals surface area contributed by atoms with E-state index in [1.54, 1.807) is 36.7 Å². The monoisotopic (exact) mass is 442 g/mol. The molecule has 30 heavy (non-hydrogen) atoms. The summed E-state index contributed by atoms with van der Waals surface area (Å²) in [7, 11) is 1.95. The van der Waals surface area contributed by atoms with Crippen LogP contribution in [-0.2, 0) is 0 Å². The lowest BCUT2D eigenvalue weighted by Gasteiger charge is -2.17. The first-order valence-corrected chi connectivity index (χ1v) is 10.4. The van der Waals surface area contributed by atoms with Crippen molar-refractivity contribution in [1.29, 1.82) is 5.26 Å². The van der Waals surface area contributed by atoms with Gasteiger partial charge in [0.25, 0.3) is 0 Å². The molecule has 1 aromatic heterocycles. The second kappa shape index (κ2) is 9.24. The maximum absolute atomic E-state index is 14.1. The Morgan fingerprint density at radius 3 is 2.73 bits per heavy atom. The third kappa shape index (κ3) is 4.61. The zero-order chi connectivity index (χ0) is 21.8. The molecule has 0 aliphatic heterocycles. The molecule has 0 radical (unpaired) electrons. The molecule has 0 N–H and O–H groups in total. The molecule has 0 saturated heterocycles. The predicted molar refractivity (Wildman–Crippen MR) is 120 cm³/mol. The van der Waals surface area contributed by atoms with Gasteiger partial charge >= 0.3 is 0 Å². The normalized spacial score (nSPS) is 11.1. The van der Waals surface area contributed by atoms with Crippen molar-refractivity contribution < 1.29 is 9.13 Å². The fourth-order valence-corrected chi connectivity index (χ4v) is 3.45. The molecule has 0 fully saturated rings. The van der Waals surface area contributed by atoms with Crippen molar-refractivity contribution in [3.8, 4) is 28.1 Å². The Balaban J connectivity index is 1.92. The van der Waals surface area contributed by atoms with Gasteiger partial charge in [-0.05, 0) is 50.6 Å². The van der Waals surface area contributed by atoms with Crippen molar-refractivity contribution in [2.24, 2.45) is 4.99 Å². The van der Waals surface area contributed by atoms with E-state index in [1.165, 1.54) is 6.07 Å². The molecule has 1 heterocycles. The number of nitriles is 1. The van der Waals surface area contributed by atoms with E-state index in [0.717, 1.165) is 22.8 Å². The molecular formula is C22H20ClFN4OS. The molecule has 0 aliphatic rings. The van der Waals surface area contributed by atoms with E-state index in [9.17, 15) is 9.65 Å². The number of aryl methyl sites for hydroxylation is 1. The molecule has 3 aromatic rings. The van der Waals surface area contributed by atoms with Crippen LogP contribution in [-0.4, -0.2) is 28.7 Å². The van der Waals surface area contributed by atoms with E-state index in [4.69, 9.17) is 16.3 Å². The third-order valence-electron chi connectivity index (χ3n) is 4.55. The minimum Gasteiger partial charge on any atom is -0.442 e. The van der Waals surface area contributed by atoms with Gasteiger partial charge in [0.15, 0.2) is 0 Å². The zero-order valence-corrected chi connectivity index (χ0v) is 18.6. The van der Waals surface area contributed by atoms with Gasteiger partial charge in [-0.1, -0.05) is 23.7 Å². The molecule has 0 saturated carbocycles. The highest BCUT2D eigenvalue weighted by molar-refractivity contribution is 7.08. The molecule has 5 nitrogen and oxygen atoms in total. The Labute approximate surface area is 184 Å². The van der Waals surface area contributed by atoms with Gasteiger partial charge in [0.1, 0.15) is 28.9 Å². The van der Waals surface area contributed by atoms with Crippen LogP contribution in [0.1, 0.15) is 25.0 Å². The summed E-state index contributed by atoms with van der Waals surface area (Å²) in [5.41, 5.74) is 2.25. The summed E-state index contributed by atoms with van der Waals surface area (Å²) >= 11 is 7.38. The van der Waals surface area contributed by atoms with E-state index < -0.39 is 5.82 Å². The summed E-state index contributed by atoms with van der Waals surface area (Å²) in [6.07, 6.45) is 1.75. The third-order valence-corrected chi connectivity index (χ3v) is 5.57. The van der Waals surface area contributed by atoms with Crippen LogP contribution in [0.2, 0.25) is 5.02 Å². The number of rotatable bonds is 6. The van der Waals surface area contributed by atoms with Gasteiger partial charge in [-0.3, -0.25) is 0 Å². The summed E-state index contributed by atoms with van der Waals surface area (Å²) < 4.78 is 24.3. The molecular weight excluding hydrogens is 423 g/mol. The van der Waals surface area contributed by atoms with Gasteiger partial charge in [-0.15, -0.1) is 0 Å². The first kappa shape index (κ1) is 21.8. The predicted octanol–water partition coefficient (Wildman–Crippen LogP) is 6.58. The summed E-state index contributed by atoms with van der Waals surface area (Å²) in [6.45, 7) is 6.04. The molecule has 0 spiro atoms. The lowest BCUT2D eigenvalue weighted by atomic mass is 10.1. The second-order valence-electron chi connectivity index (χ2n) is 6.96. The molecule has 0 unspecified atom stereocenters. The zero-order valence-electron chi connectivity index (χ0n) is 17.0. The van der Waals surface area contributed by atoms with E-state index >= 15 is 0 Å². The highest BCUT2D eigenvalue weighted by Gasteiger charge is 2.20. The van der Waals surface area contributed by atoms with Gasteiger partial charge in [0.05, 0.1) is 17.0 Å². The standard InChI is InChI=1S/C22H20ClFN4OS/c1-13(2)28(4)12-26-19-10-17(23)20(9-14(19)3)29-22-16(11-25)21(27-30-22)15-7-5-6-8-18(15)24/h5-10,12-13H,1-4H3. The molecule has 8 heteroatoms. The van der Waals surface area contributed by atoms with Crippen LogP contribution >= 0.6 is 23.1 Å². The van der Waals surface area contributed by atoms with E-state index in [1.807, 2.05) is 18.9 Å². The first-order chi connectivity index (χ1) is 14.3. The van der Waals surface area contributed by atoms with E-state index in [2.05, 4.69) is 29.3 Å². The van der Waals surface area contributed by atoms with Crippen LogP contribution in [0.5, 0.6) is 10.8 Å². The number of benzene rings is 2. The molecule has 0 aliphatic carbocycles. The maximum atomic E-state index is 14.1. The van der Waals surface area contributed by atoms with Crippen molar-refractivity contribution in [2.45, 2.75) is 26.8 Å². The fourth-order valence-electron chi connectivity index (χ4n) is 2.53. The van der Waals surface area contributed by atoms with E-state index in [-0.39, 0.29) is 21.9 Å². The average Bonchev–Trinajstić information content (AvgIpc) is 3.11. The van der Waals surface area contributed by atoms with Gasteiger partial charge < -0.3 is 9.64 Å². The molecule has 0 bridgehead atoms. The topological polar surface area (TPSA) is 61.5 Å².